The number of hydrogen-bond donors (Lipinski definition) is 1. The first kappa shape index (κ1) is 12.2. The first-order chi connectivity index (χ1) is 8.14. The van der Waals surface area contributed by atoms with Crippen LogP contribution in [0.4, 0.5) is 0 Å². The molecular formula is C15H20O2. The highest BCUT2D eigenvalue weighted by atomic mass is 16.3. The van der Waals surface area contributed by atoms with Crippen LogP contribution in [-0.4, -0.2) is 10.9 Å². The predicted octanol–water partition coefficient (Wildman–Crippen LogP) is 3.47. The lowest BCUT2D eigenvalue weighted by Crippen LogP contribution is -2.34. The molecule has 0 amide bonds. The molecule has 0 aliphatic heterocycles. The van der Waals surface area contributed by atoms with Crippen molar-refractivity contribution >= 4 is 5.78 Å². The molecular weight excluding hydrogens is 212 g/mol. The van der Waals surface area contributed by atoms with Crippen molar-refractivity contribution in [3.63, 3.8) is 0 Å². The molecule has 0 radical (unpaired) electrons. The number of Topliss-reactive ketones (excluding diaryl/α,β-unsaturated/α-hetero) is 1. The quantitative estimate of drug-likeness (QED) is 0.866. The van der Waals surface area contributed by atoms with E-state index in [1.54, 1.807) is 13.0 Å². The average molecular weight is 232 g/mol. The highest BCUT2D eigenvalue weighted by molar-refractivity contribution is 5.82. The molecule has 2 nitrogen and oxygen atoms in total. The summed E-state index contributed by atoms with van der Waals surface area (Å²) >= 11 is 0. The molecule has 0 unspecified atom stereocenters. The maximum Gasteiger partial charge on any atom is 0.136 e. The SMILES string of the molecule is CC(=O)C1(Cc2ccccc2O)CCCCC1. The lowest BCUT2D eigenvalue weighted by molar-refractivity contribution is -0.128. The lowest BCUT2D eigenvalue weighted by Gasteiger charge is -2.35. The maximum atomic E-state index is 12.0. The average Bonchev–Trinajstić information content (AvgIpc) is 2.33. The minimum atomic E-state index is -0.225. The van der Waals surface area contributed by atoms with E-state index in [1.165, 1.54) is 6.42 Å². The van der Waals surface area contributed by atoms with E-state index >= 15 is 0 Å². The van der Waals surface area contributed by atoms with Crippen molar-refractivity contribution in [1.29, 1.82) is 0 Å². The van der Waals surface area contributed by atoms with Gasteiger partial charge in [-0.1, -0.05) is 37.5 Å². The first-order valence-electron chi connectivity index (χ1n) is 6.42. The Balaban J connectivity index is 2.24. The van der Waals surface area contributed by atoms with Crippen LogP contribution in [0, 0.1) is 5.41 Å². The Morgan fingerprint density at radius 2 is 1.88 bits per heavy atom. The first-order valence-corrected chi connectivity index (χ1v) is 6.42. The van der Waals surface area contributed by atoms with E-state index in [4.69, 9.17) is 0 Å². The second kappa shape index (κ2) is 4.91. The smallest absolute Gasteiger partial charge is 0.136 e. The van der Waals surface area contributed by atoms with E-state index in [0.717, 1.165) is 31.2 Å². The molecule has 0 heterocycles. The number of carbonyl (C=O) groups is 1. The number of hydrogen-bond acceptors (Lipinski definition) is 2. The Morgan fingerprint density at radius 3 is 2.47 bits per heavy atom. The molecule has 1 aliphatic carbocycles. The summed E-state index contributed by atoms with van der Waals surface area (Å²) in [6.07, 6.45) is 6.12. The molecule has 92 valence electrons. The van der Waals surface area contributed by atoms with Gasteiger partial charge < -0.3 is 5.11 Å². The molecule has 2 heteroatoms. The minimum Gasteiger partial charge on any atom is -0.508 e. The molecule has 0 bridgehead atoms. The van der Waals surface area contributed by atoms with Crippen molar-refractivity contribution in [3.8, 4) is 5.75 Å². The predicted molar refractivity (Wildman–Crippen MR) is 68.0 cm³/mol. The van der Waals surface area contributed by atoms with Gasteiger partial charge in [-0.05, 0) is 37.8 Å². The fraction of sp³-hybridized carbons (Fsp3) is 0.533. The number of phenols is 1. The van der Waals surface area contributed by atoms with Crippen LogP contribution in [0.25, 0.3) is 0 Å². The van der Waals surface area contributed by atoms with Crippen LogP contribution >= 0.6 is 0 Å². The standard InChI is InChI=1S/C15H20O2/c1-12(16)15(9-5-2-6-10-15)11-13-7-3-4-8-14(13)17/h3-4,7-8,17H,2,5-6,9-11H2,1H3. The van der Waals surface area contributed by atoms with Crippen molar-refractivity contribution in [2.45, 2.75) is 45.4 Å². The molecule has 0 atom stereocenters. The van der Waals surface area contributed by atoms with E-state index in [-0.39, 0.29) is 11.2 Å². The van der Waals surface area contributed by atoms with Gasteiger partial charge in [0, 0.05) is 5.41 Å². The summed E-state index contributed by atoms with van der Waals surface area (Å²) in [7, 11) is 0. The lowest BCUT2D eigenvalue weighted by atomic mass is 9.68. The van der Waals surface area contributed by atoms with Gasteiger partial charge in [-0.3, -0.25) is 4.79 Å². The van der Waals surface area contributed by atoms with Crippen molar-refractivity contribution in [2.75, 3.05) is 0 Å². The Morgan fingerprint density at radius 1 is 1.24 bits per heavy atom. The van der Waals surface area contributed by atoms with E-state index in [2.05, 4.69) is 0 Å². The number of benzene rings is 1. The fourth-order valence-electron chi connectivity index (χ4n) is 2.91. The third-order valence-corrected chi connectivity index (χ3v) is 4.08. The molecule has 1 fully saturated rings. The van der Waals surface area contributed by atoms with Crippen LogP contribution < -0.4 is 0 Å². The van der Waals surface area contributed by atoms with Gasteiger partial charge in [0.1, 0.15) is 11.5 Å². The van der Waals surface area contributed by atoms with Crippen molar-refractivity contribution < 1.29 is 9.90 Å². The van der Waals surface area contributed by atoms with Crippen molar-refractivity contribution in [1.82, 2.24) is 0 Å². The molecule has 0 saturated heterocycles. The Bertz CT molecular complexity index is 403. The summed E-state index contributed by atoms with van der Waals surface area (Å²) in [6.45, 7) is 1.70. The Kier molecular flexibility index (Phi) is 3.51. The summed E-state index contributed by atoms with van der Waals surface area (Å²) in [4.78, 5) is 12.0. The van der Waals surface area contributed by atoms with Crippen LogP contribution in [0.2, 0.25) is 0 Å². The molecule has 1 aromatic rings. The maximum absolute atomic E-state index is 12.0. The second-order valence-corrected chi connectivity index (χ2v) is 5.20. The summed E-state index contributed by atoms with van der Waals surface area (Å²) in [6, 6.07) is 7.37. The van der Waals surface area contributed by atoms with Gasteiger partial charge >= 0.3 is 0 Å². The summed E-state index contributed by atoms with van der Waals surface area (Å²) in [5, 5.41) is 9.83. The van der Waals surface area contributed by atoms with Crippen LogP contribution in [0.5, 0.6) is 5.75 Å². The zero-order valence-electron chi connectivity index (χ0n) is 10.4. The Labute approximate surface area is 103 Å². The second-order valence-electron chi connectivity index (χ2n) is 5.20. The number of ketones is 1. The monoisotopic (exact) mass is 232 g/mol. The normalized spacial score (nSPS) is 18.9. The summed E-state index contributed by atoms with van der Waals surface area (Å²) in [5.74, 6) is 0.596. The van der Waals surface area contributed by atoms with E-state index in [1.807, 2.05) is 18.2 Å². The molecule has 1 aromatic carbocycles. The molecule has 1 N–H and O–H groups in total. The van der Waals surface area contributed by atoms with E-state index in [0.29, 0.717) is 12.2 Å². The van der Waals surface area contributed by atoms with Gasteiger partial charge in [0.05, 0.1) is 0 Å². The van der Waals surface area contributed by atoms with Crippen molar-refractivity contribution in [2.24, 2.45) is 5.41 Å². The van der Waals surface area contributed by atoms with Gasteiger partial charge in [0.25, 0.3) is 0 Å². The van der Waals surface area contributed by atoms with Gasteiger partial charge in [-0.15, -0.1) is 0 Å². The van der Waals surface area contributed by atoms with Gasteiger partial charge in [-0.2, -0.15) is 0 Å². The number of phenolic OH excluding ortho intramolecular Hbond substituents is 1. The minimum absolute atomic E-state index is 0.225. The van der Waals surface area contributed by atoms with Crippen LogP contribution in [-0.2, 0) is 11.2 Å². The van der Waals surface area contributed by atoms with Gasteiger partial charge in [0.15, 0.2) is 0 Å². The third kappa shape index (κ3) is 2.51. The van der Waals surface area contributed by atoms with Crippen LogP contribution in [0.3, 0.4) is 0 Å². The highest BCUT2D eigenvalue weighted by Gasteiger charge is 2.37. The topological polar surface area (TPSA) is 37.3 Å². The van der Waals surface area contributed by atoms with Gasteiger partial charge in [-0.25, -0.2) is 0 Å². The van der Waals surface area contributed by atoms with E-state index < -0.39 is 0 Å². The summed E-state index contributed by atoms with van der Waals surface area (Å²) in [5.41, 5.74) is 0.682. The largest absolute Gasteiger partial charge is 0.508 e. The highest BCUT2D eigenvalue weighted by Crippen LogP contribution is 2.41. The number of carbonyl (C=O) groups excluding carboxylic acids is 1. The van der Waals surface area contributed by atoms with E-state index in [9.17, 15) is 9.90 Å². The van der Waals surface area contributed by atoms with Crippen LogP contribution in [0.15, 0.2) is 24.3 Å². The van der Waals surface area contributed by atoms with Gasteiger partial charge in [0.2, 0.25) is 0 Å². The molecule has 1 aliphatic rings. The number of para-hydroxylation sites is 1. The van der Waals surface area contributed by atoms with Crippen LogP contribution in [0.1, 0.15) is 44.6 Å². The molecule has 1 saturated carbocycles. The molecule has 0 spiro atoms. The number of aromatic hydroxyl groups is 1. The third-order valence-electron chi connectivity index (χ3n) is 4.08. The zero-order chi connectivity index (χ0) is 12.3. The molecule has 17 heavy (non-hydrogen) atoms. The van der Waals surface area contributed by atoms with Crippen molar-refractivity contribution in [3.05, 3.63) is 29.8 Å². The Hall–Kier alpha value is -1.31. The zero-order valence-corrected chi connectivity index (χ0v) is 10.4. The summed E-state index contributed by atoms with van der Waals surface area (Å²) < 4.78 is 0. The number of rotatable bonds is 3. The molecule has 2 rings (SSSR count). The fourth-order valence-corrected chi connectivity index (χ4v) is 2.91. The molecule has 0 aromatic heterocycles.